The zero-order valence-corrected chi connectivity index (χ0v) is 34.0. The summed E-state index contributed by atoms with van der Waals surface area (Å²) in [6, 6.07) is 20.6. The van der Waals surface area contributed by atoms with Gasteiger partial charge in [-0.05, 0) is 121 Å². The first-order valence-electron chi connectivity index (χ1n) is 20.5. The van der Waals surface area contributed by atoms with Crippen LogP contribution in [0.2, 0.25) is 1.41 Å². The first-order chi connectivity index (χ1) is 27.0. The highest BCUT2D eigenvalue weighted by Gasteiger charge is 2.38. The average Bonchev–Trinajstić information content (AvgIpc) is 3.91. The number of rotatable bonds is 10. The zero-order valence-electron chi connectivity index (χ0n) is 35.0. The minimum atomic E-state index is -0.674. The molecular formula is C45H59N5O6. The number of hydrogen-bond acceptors (Lipinski definition) is 8. The molecule has 0 aliphatic carbocycles. The number of ether oxygens (including phenoxy) is 2. The minimum Gasteiger partial charge on any atom is -0.444 e. The van der Waals surface area contributed by atoms with Crippen molar-refractivity contribution < 1.29 is 30.1 Å². The number of nitrogens with one attached hydrogen (secondary N) is 3. The summed E-state index contributed by atoms with van der Waals surface area (Å²) in [4.78, 5) is 56.1. The fraction of sp³-hybridized carbons (Fsp3) is 0.511. The summed E-state index contributed by atoms with van der Waals surface area (Å²) in [6.45, 7) is 14.5. The van der Waals surface area contributed by atoms with Gasteiger partial charge in [0.1, 0.15) is 18.7 Å². The number of benzene rings is 3. The van der Waals surface area contributed by atoms with Crippen molar-refractivity contribution in [3.05, 3.63) is 94.5 Å². The van der Waals surface area contributed by atoms with Crippen molar-refractivity contribution in [3.63, 3.8) is 0 Å². The van der Waals surface area contributed by atoms with E-state index in [0.29, 0.717) is 44.6 Å². The van der Waals surface area contributed by atoms with Gasteiger partial charge in [-0.25, -0.2) is 9.59 Å². The molecular weight excluding hydrogens is 707 g/mol. The molecule has 0 spiro atoms. The van der Waals surface area contributed by atoms with Crippen LogP contribution in [0.4, 0.5) is 21.0 Å². The lowest BCUT2D eigenvalue weighted by molar-refractivity contribution is -0.122. The fourth-order valence-corrected chi connectivity index (χ4v) is 7.73. The second-order valence-electron chi connectivity index (χ2n) is 17.4. The van der Waals surface area contributed by atoms with E-state index >= 15 is 0 Å². The molecule has 4 atom stereocenters. The van der Waals surface area contributed by atoms with Gasteiger partial charge in [0.05, 0.1) is 17.4 Å². The quantitative estimate of drug-likeness (QED) is 0.187. The second-order valence-corrected chi connectivity index (χ2v) is 17.4. The molecule has 3 fully saturated rings. The van der Waals surface area contributed by atoms with Crippen molar-refractivity contribution in [2.24, 2.45) is 0 Å². The van der Waals surface area contributed by atoms with Crippen molar-refractivity contribution in [2.45, 2.75) is 135 Å². The Morgan fingerprint density at radius 2 is 1.25 bits per heavy atom. The molecule has 3 amide bonds. The van der Waals surface area contributed by atoms with E-state index in [1.54, 1.807) is 10.2 Å². The van der Waals surface area contributed by atoms with E-state index < -0.39 is 35.5 Å². The van der Waals surface area contributed by atoms with E-state index in [1.165, 1.54) is 10.5 Å². The van der Waals surface area contributed by atoms with Crippen LogP contribution in [0.1, 0.15) is 120 Å². The summed E-state index contributed by atoms with van der Waals surface area (Å²) >= 11 is 0. The molecule has 0 bridgehead atoms. The van der Waals surface area contributed by atoms with Crippen molar-refractivity contribution in [3.8, 4) is 0 Å². The molecule has 3 heterocycles. The molecule has 3 saturated heterocycles. The fourth-order valence-electron chi connectivity index (χ4n) is 7.73. The largest absolute Gasteiger partial charge is 0.444 e. The minimum absolute atomic E-state index is 0.000616. The van der Waals surface area contributed by atoms with Crippen LogP contribution in [0.25, 0.3) is 0 Å². The Hall–Kier alpha value is -4.90. The van der Waals surface area contributed by atoms with Crippen LogP contribution < -0.4 is 15.9 Å². The molecule has 56 heavy (non-hydrogen) atoms. The van der Waals surface area contributed by atoms with Gasteiger partial charge in [-0.2, -0.15) is 0 Å². The number of carbonyl (C=O) groups excluding carboxylic acids is 4. The van der Waals surface area contributed by atoms with Gasteiger partial charge in [-0.15, -0.1) is 0 Å². The monoisotopic (exact) mass is 766 g/mol. The van der Waals surface area contributed by atoms with Crippen LogP contribution in [0, 0.1) is 6.92 Å². The summed E-state index contributed by atoms with van der Waals surface area (Å²) in [7, 11) is 0. The number of likely N-dealkylation sites (tertiary alicyclic amines) is 2. The maximum atomic E-state index is 13.9. The van der Waals surface area contributed by atoms with Gasteiger partial charge in [-0.3, -0.25) is 19.4 Å². The number of hydrogen-bond donors (Lipinski definition) is 3. The van der Waals surface area contributed by atoms with Crippen molar-refractivity contribution >= 4 is 35.3 Å². The third-order valence-electron chi connectivity index (χ3n) is 10.5. The van der Waals surface area contributed by atoms with Crippen LogP contribution in [-0.2, 0) is 32.0 Å². The molecule has 0 aromatic heterocycles. The summed E-state index contributed by atoms with van der Waals surface area (Å²) in [6.07, 6.45) is 3.44. The van der Waals surface area contributed by atoms with Gasteiger partial charge in [-0.1, -0.05) is 60.2 Å². The highest BCUT2D eigenvalue weighted by atomic mass is 16.6. The number of amides is 3. The summed E-state index contributed by atoms with van der Waals surface area (Å²) in [5, 5.41) is 8.28. The van der Waals surface area contributed by atoms with E-state index in [2.05, 4.69) is 41.8 Å². The lowest BCUT2D eigenvalue weighted by atomic mass is 9.98. The van der Waals surface area contributed by atoms with Gasteiger partial charge in [0.2, 0.25) is 5.91 Å². The van der Waals surface area contributed by atoms with Crippen molar-refractivity contribution in [2.75, 3.05) is 23.7 Å². The van der Waals surface area contributed by atoms with Crippen LogP contribution in [0.15, 0.2) is 66.7 Å². The van der Waals surface area contributed by atoms with E-state index in [-0.39, 0.29) is 30.2 Å². The standard InChI is InChI=1S/C45H59N5O6/c1-29-12-14-31(15-13-29)28-46-36-21-20-33(27-37(36)48-41(52)39-11-9-25-50(39)43(54)56-45(5,6)7)35-23-22-34(47-35)32-18-16-30(17-19-32)26-40(51)38-10-8-24-49(38)42(53)55-44(2,3)4/h12-21,27,34-35,38-39,46-47H,8-11,22-26,28H2,1-7H3,(H,48,52)/i/hD. The number of nitrogens with zero attached hydrogens (tertiary/aromatic N) is 2. The summed E-state index contributed by atoms with van der Waals surface area (Å²) in [5.74, 6) is -0.274. The Kier molecular flexibility index (Phi) is 12.0. The molecule has 3 aromatic carbocycles. The molecule has 300 valence electrons. The number of ketones is 1. The Morgan fingerprint density at radius 3 is 1.86 bits per heavy atom. The number of Topliss-reactive ketones (excluding diaryl/α,β-unsaturated/α-hetero) is 1. The summed E-state index contributed by atoms with van der Waals surface area (Å²) in [5.41, 5.74) is 5.09. The smallest absolute Gasteiger partial charge is 0.410 e. The number of carbonyl (C=O) groups is 4. The molecule has 11 nitrogen and oxygen atoms in total. The van der Waals surface area contributed by atoms with Crippen LogP contribution in [-0.4, -0.2) is 70.1 Å². The van der Waals surface area contributed by atoms with E-state index in [1.807, 2.05) is 84.0 Å². The first kappa shape index (κ1) is 39.3. The highest BCUT2D eigenvalue weighted by Crippen LogP contribution is 2.37. The SMILES string of the molecule is [2H]N1C(c2ccc(CC(=O)C3CCCN3C(=O)OC(C)(C)C)cc2)CCC1c1ccc(NCc2ccc(C)cc2)c(NC(=O)C2CCCN2C(=O)OC(C)(C)C)c1. The molecule has 6 rings (SSSR count). The second kappa shape index (κ2) is 17.1. The Balaban J connectivity index is 1.15. The third-order valence-corrected chi connectivity index (χ3v) is 10.5. The Morgan fingerprint density at radius 1 is 0.714 bits per heavy atom. The van der Waals surface area contributed by atoms with Gasteiger partial charge in [0.25, 0.3) is 0 Å². The molecule has 0 saturated carbocycles. The van der Waals surface area contributed by atoms with Crippen LogP contribution in [0.3, 0.4) is 0 Å². The predicted octanol–water partition coefficient (Wildman–Crippen LogP) is 8.62. The van der Waals surface area contributed by atoms with Gasteiger partial charge >= 0.3 is 12.2 Å². The molecule has 3 aliphatic heterocycles. The maximum Gasteiger partial charge on any atom is 0.410 e. The number of aryl methyl sites for hydroxylation is 1. The molecule has 0 radical (unpaired) electrons. The Bertz CT molecular complexity index is 1920. The predicted molar refractivity (Wildman–Crippen MR) is 219 cm³/mol. The molecule has 11 heteroatoms. The van der Waals surface area contributed by atoms with Crippen molar-refractivity contribution in [1.82, 2.24) is 15.1 Å². The third kappa shape index (κ3) is 10.5. The van der Waals surface area contributed by atoms with Crippen LogP contribution >= 0.6 is 0 Å². The van der Waals surface area contributed by atoms with Gasteiger partial charge in [0, 0.05) is 38.1 Å². The lowest BCUT2D eigenvalue weighted by Crippen LogP contribution is -2.45. The molecule has 3 N–H and O–H groups in total. The normalized spacial score (nSPS) is 21.8. The van der Waals surface area contributed by atoms with Gasteiger partial charge in [0.15, 0.2) is 5.78 Å². The lowest BCUT2D eigenvalue weighted by Gasteiger charge is -2.28. The van der Waals surface area contributed by atoms with E-state index in [9.17, 15) is 20.6 Å². The molecule has 4 unspecified atom stereocenters. The van der Waals surface area contributed by atoms with Gasteiger partial charge < -0.3 is 25.4 Å². The Labute approximate surface area is 333 Å². The highest BCUT2D eigenvalue weighted by molar-refractivity contribution is 5.99. The number of anilines is 2. The maximum absolute atomic E-state index is 13.9. The zero-order chi connectivity index (χ0) is 41.1. The van der Waals surface area contributed by atoms with E-state index in [0.717, 1.165) is 47.2 Å². The average molecular weight is 767 g/mol. The van der Waals surface area contributed by atoms with Crippen molar-refractivity contribution in [1.29, 1.82) is 0 Å². The van der Waals surface area contributed by atoms with E-state index in [4.69, 9.17) is 9.47 Å². The van der Waals surface area contributed by atoms with Crippen LogP contribution in [0.5, 0.6) is 0 Å². The summed E-state index contributed by atoms with van der Waals surface area (Å²) < 4.78 is 20.4. The topological polar surface area (TPSA) is 129 Å². The molecule has 3 aromatic rings. The first-order valence-corrected chi connectivity index (χ1v) is 20.1. The molecule has 3 aliphatic rings.